The molecule has 2 amide bonds. The van der Waals surface area contributed by atoms with Crippen LogP contribution in [0.3, 0.4) is 0 Å². The van der Waals surface area contributed by atoms with E-state index in [1.54, 1.807) is 12.5 Å². The number of nitrogens with zero attached hydrogens (tertiary/aromatic N) is 3. The van der Waals surface area contributed by atoms with E-state index in [1.165, 1.54) is 0 Å². The van der Waals surface area contributed by atoms with Crippen LogP contribution in [-0.2, 0) is 11.3 Å². The topological polar surface area (TPSA) is 72.5 Å². The van der Waals surface area contributed by atoms with E-state index in [4.69, 9.17) is 9.15 Å². The van der Waals surface area contributed by atoms with Gasteiger partial charge >= 0.3 is 6.03 Å². The fourth-order valence-electron chi connectivity index (χ4n) is 3.51. The Balaban J connectivity index is 1.38. The highest BCUT2D eigenvalue weighted by Crippen LogP contribution is 2.32. The maximum Gasteiger partial charge on any atom is 0.322 e. The smallest absolute Gasteiger partial charge is 0.322 e. The molecule has 0 aromatic carbocycles. The van der Waals surface area contributed by atoms with Crippen molar-refractivity contribution in [2.24, 2.45) is 0 Å². The lowest BCUT2D eigenvalue weighted by molar-refractivity contribution is 0.0940. The number of carbonyl (C=O) groups is 1. The Morgan fingerprint density at radius 3 is 3.12 bits per heavy atom. The molecule has 4 heterocycles. The van der Waals surface area contributed by atoms with Crippen molar-refractivity contribution in [1.82, 2.24) is 14.7 Å². The van der Waals surface area contributed by atoms with Gasteiger partial charge in [-0.25, -0.2) is 4.79 Å². The number of hydrogen-bond donors (Lipinski definition) is 1. The second-order valence-electron chi connectivity index (χ2n) is 6.38. The summed E-state index contributed by atoms with van der Waals surface area (Å²) < 4.78 is 12.9. The van der Waals surface area contributed by atoms with E-state index in [0.29, 0.717) is 5.69 Å². The first-order valence-electron chi connectivity index (χ1n) is 8.55. The van der Waals surface area contributed by atoms with E-state index in [-0.39, 0.29) is 18.2 Å². The SMILES string of the molecule is O=C(Nc1cnn(CC2CCCO2)c1)N1CCCC1c1ccco1. The van der Waals surface area contributed by atoms with Crippen LogP contribution in [0, 0.1) is 0 Å². The molecular weight excluding hydrogens is 308 g/mol. The molecule has 0 aliphatic carbocycles. The fraction of sp³-hybridized carbons (Fsp3) is 0.529. The fourth-order valence-corrected chi connectivity index (χ4v) is 3.51. The number of furan rings is 1. The number of anilines is 1. The van der Waals surface area contributed by atoms with Crippen molar-refractivity contribution in [3.63, 3.8) is 0 Å². The molecule has 2 fully saturated rings. The van der Waals surface area contributed by atoms with Crippen molar-refractivity contribution in [1.29, 1.82) is 0 Å². The first kappa shape index (κ1) is 15.3. The molecule has 7 heteroatoms. The van der Waals surface area contributed by atoms with E-state index >= 15 is 0 Å². The van der Waals surface area contributed by atoms with Crippen LogP contribution in [0.4, 0.5) is 10.5 Å². The van der Waals surface area contributed by atoms with Crippen LogP contribution in [0.25, 0.3) is 0 Å². The Bertz CT molecular complexity index is 676. The van der Waals surface area contributed by atoms with Crippen molar-refractivity contribution in [3.8, 4) is 0 Å². The highest BCUT2D eigenvalue weighted by atomic mass is 16.5. The molecular formula is C17H22N4O3. The van der Waals surface area contributed by atoms with Gasteiger partial charge in [0.1, 0.15) is 5.76 Å². The number of nitrogens with one attached hydrogen (secondary N) is 1. The second-order valence-corrected chi connectivity index (χ2v) is 6.38. The zero-order chi connectivity index (χ0) is 16.4. The van der Waals surface area contributed by atoms with Crippen LogP contribution >= 0.6 is 0 Å². The summed E-state index contributed by atoms with van der Waals surface area (Å²) >= 11 is 0. The van der Waals surface area contributed by atoms with E-state index in [0.717, 1.165) is 51.1 Å². The highest BCUT2D eigenvalue weighted by molar-refractivity contribution is 5.89. The van der Waals surface area contributed by atoms with Gasteiger partial charge in [-0.15, -0.1) is 0 Å². The first-order valence-corrected chi connectivity index (χ1v) is 8.55. The summed E-state index contributed by atoms with van der Waals surface area (Å²) in [6.07, 6.45) is 9.52. The number of aromatic nitrogens is 2. The molecule has 2 aromatic heterocycles. The maximum atomic E-state index is 12.6. The molecule has 0 bridgehead atoms. The average molecular weight is 330 g/mol. The van der Waals surface area contributed by atoms with Crippen molar-refractivity contribution in [3.05, 3.63) is 36.5 Å². The summed E-state index contributed by atoms with van der Waals surface area (Å²) in [5.41, 5.74) is 0.711. The van der Waals surface area contributed by atoms with Gasteiger partial charge in [0.25, 0.3) is 0 Å². The molecule has 0 spiro atoms. The quantitative estimate of drug-likeness (QED) is 0.935. The summed E-state index contributed by atoms with van der Waals surface area (Å²) in [4.78, 5) is 14.4. The van der Waals surface area contributed by atoms with Crippen molar-refractivity contribution < 1.29 is 13.9 Å². The standard InChI is InChI=1S/C17H22N4O3/c22-17(21-7-1-5-15(21)16-6-3-9-24-16)19-13-10-18-20(11-13)12-14-4-2-8-23-14/h3,6,9-11,14-15H,1-2,4-5,7-8,12H2,(H,19,22). The Morgan fingerprint density at radius 1 is 1.38 bits per heavy atom. The summed E-state index contributed by atoms with van der Waals surface area (Å²) in [6.45, 7) is 2.30. The Kier molecular flexibility index (Phi) is 4.25. The van der Waals surface area contributed by atoms with E-state index in [2.05, 4.69) is 10.4 Å². The normalized spacial score (nSPS) is 23.8. The lowest BCUT2D eigenvalue weighted by Gasteiger charge is -2.23. The summed E-state index contributed by atoms with van der Waals surface area (Å²) in [7, 11) is 0. The lowest BCUT2D eigenvalue weighted by Crippen LogP contribution is -2.34. The predicted octanol–water partition coefficient (Wildman–Crippen LogP) is 3.02. The largest absolute Gasteiger partial charge is 0.467 e. The molecule has 0 saturated carbocycles. The zero-order valence-corrected chi connectivity index (χ0v) is 13.6. The van der Waals surface area contributed by atoms with Gasteiger partial charge in [0, 0.05) is 19.3 Å². The molecule has 24 heavy (non-hydrogen) atoms. The van der Waals surface area contributed by atoms with Gasteiger partial charge in [-0.3, -0.25) is 4.68 Å². The third-order valence-corrected chi connectivity index (χ3v) is 4.68. The van der Waals surface area contributed by atoms with Crippen LogP contribution in [0.1, 0.15) is 37.5 Å². The number of carbonyl (C=O) groups excluding carboxylic acids is 1. The van der Waals surface area contributed by atoms with Gasteiger partial charge in [0.05, 0.1) is 36.8 Å². The van der Waals surface area contributed by atoms with Gasteiger partial charge in [-0.2, -0.15) is 5.10 Å². The predicted molar refractivity (Wildman–Crippen MR) is 87.6 cm³/mol. The van der Waals surface area contributed by atoms with Gasteiger partial charge in [-0.05, 0) is 37.8 Å². The molecule has 1 N–H and O–H groups in total. The molecule has 2 aliphatic heterocycles. The van der Waals surface area contributed by atoms with Gasteiger partial charge in [-0.1, -0.05) is 0 Å². The molecule has 2 aromatic rings. The highest BCUT2D eigenvalue weighted by Gasteiger charge is 2.32. The third-order valence-electron chi connectivity index (χ3n) is 4.68. The van der Waals surface area contributed by atoms with Crippen LogP contribution in [0.2, 0.25) is 0 Å². The number of hydrogen-bond acceptors (Lipinski definition) is 4. The number of rotatable bonds is 4. The monoisotopic (exact) mass is 330 g/mol. The van der Waals surface area contributed by atoms with E-state index < -0.39 is 0 Å². The van der Waals surface area contributed by atoms with Crippen LogP contribution in [0.15, 0.2) is 35.2 Å². The number of ether oxygens (including phenoxy) is 1. The summed E-state index contributed by atoms with van der Waals surface area (Å²) in [5.74, 6) is 0.844. The molecule has 2 unspecified atom stereocenters. The van der Waals surface area contributed by atoms with E-state index in [9.17, 15) is 4.79 Å². The molecule has 2 atom stereocenters. The first-order chi connectivity index (χ1) is 11.8. The van der Waals surface area contributed by atoms with Crippen molar-refractivity contribution >= 4 is 11.7 Å². The van der Waals surface area contributed by atoms with Crippen molar-refractivity contribution in [2.75, 3.05) is 18.5 Å². The van der Waals surface area contributed by atoms with Crippen LogP contribution in [-0.4, -0.2) is 40.0 Å². The summed E-state index contributed by atoms with van der Waals surface area (Å²) in [6, 6.07) is 3.70. The van der Waals surface area contributed by atoms with Gasteiger partial charge in [0.15, 0.2) is 0 Å². The Hall–Kier alpha value is -2.28. The third kappa shape index (κ3) is 3.17. The molecule has 7 nitrogen and oxygen atoms in total. The molecule has 4 rings (SSSR count). The summed E-state index contributed by atoms with van der Waals surface area (Å²) in [5, 5.41) is 7.26. The number of amides is 2. The van der Waals surface area contributed by atoms with Crippen LogP contribution < -0.4 is 5.32 Å². The minimum absolute atomic E-state index is 0.0157. The zero-order valence-electron chi connectivity index (χ0n) is 13.6. The lowest BCUT2D eigenvalue weighted by atomic mass is 10.2. The minimum Gasteiger partial charge on any atom is -0.467 e. The average Bonchev–Trinajstić information content (AvgIpc) is 3.36. The molecule has 2 aliphatic rings. The maximum absolute atomic E-state index is 12.6. The molecule has 2 saturated heterocycles. The minimum atomic E-state index is -0.106. The van der Waals surface area contributed by atoms with E-state index in [1.807, 2.05) is 27.9 Å². The van der Waals surface area contributed by atoms with Gasteiger partial charge < -0.3 is 19.4 Å². The second kappa shape index (κ2) is 6.68. The van der Waals surface area contributed by atoms with Crippen LogP contribution in [0.5, 0.6) is 0 Å². The van der Waals surface area contributed by atoms with Crippen molar-refractivity contribution in [2.45, 2.75) is 44.4 Å². The molecule has 128 valence electrons. The molecule has 0 radical (unpaired) electrons. The number of urea groups is 1. The van der Waals surface area contributed by atoms with Gasteiger partial charge in [0.2, 0.25) is 0 Å². The Morgan fingerprint density at radius 2 is 2.33 bits per heavy atom. The Labute approximate surface area is 140 Å². The number of likely N-dealkylation sites (tertiary alicyclic amines) is 1.